The Morgan fingerprint density at radius 2 is 2.00 bits per heavy atom. The third kappa shape index (κ3) is 2.90. The summed E-state index contributed by atoms with van der Waals surface area (Å²) in [6.45, 7) is 3.03. The summed E-state index contributed by atoms with van der Waals surface area (Å²) in [5, 5.41) is 2.60. The van der Waals surface area contributed by atoms with E-state index in [2.05, 4.69) is 17.9 Å². The van der Waals surface area contributed by atoms with Crippen LogP contribution in [0.25, 0.3) is 0 Å². The zero-order valence-corrected chi connectivity index (χ0v) is 9.22. The van der Waals surface area contributed by atoms with Gasteiger partial charge in [-0.3, -0.25) is 9.59 Å². The molecular formula is C9H16N2O2S. The fourth-order valence-corrected chi connectivity index (χ4v) is 1.84. The fraction of sp³-hybridized carbons (Fsp3) is 0.778. The van der Waals surface area contributed by atoms with Crippen LogP contribution in [0.2, 0.25) is 0 Å². The number of rotatable bonds is 3. The highest BCUT2D eigenvalue weighted by Crippen LogP contribution is 2.09. The van der Waals surface area contributed by atoms with Crippen molar-refractivity contribution in [2.45, 2.75) is 25.8 Å². The molecule has 1 N–H and O–H groups in total. The zero-order valence-electron chi connectivity index (χ0n) is 8.32. The molecule has 80 valence electrons. The van der Waals surface area contributed by atoms with Crippen LogP contribution < -0.4 is 5.32 Å². The number of likely N-dealkylation sites (tertiary alicyclic amines) is 1. The van der Waals surface area contributed by atoms with E-state index in [1.165, 1.54) is 6.92 Å². The van der Waals surface area contributed by atoms with Gasteiger partial charge in [0.05, 0.1) is 0 Å². The molecule has 14 heavy (non-hydrogen) atoms. The average Bonchev–Trinajstić information content (AvgIpc) is 2.65. The largest absolute Gasteiger partial charge is 0.344 e. The quantitative estimate of drug-likeness (QED) is 0.655. The van der Waals surface area contributed by atoms with Crippen LogP contribution in [0.3, 0.4) is 0 Å². The van der Waals surface area contributed by atoms with Crippen molar-refractivity contribution in [2.24, 2.45) is 0 Å². The standard InChI is InChI=1S/C9H16N2O2S/c1-7(12)10-8(6-14)9(13)11-4-2-3-5-11/h8,14H,2-6H2,1H3,(H,10,12). The number of carbonyl (C=O) groups excluding carboxylic acids is 2. The fourth-order valence-electron chi connectivity index (χ4n) is 1.59. The minimum absolute atomic E-state index is 0.00676. The molecule has 0 bridgehead atoms. The van der Waals surface area contributed by atoms with E-state index >= 15 is 0 Å². The molecule has 5 heteroatoms. The second kappa shape index (κ2) is 5.24. The van der Waals surface area contributed by atoms with E-state index in [9.17, 15) is 9.59 Å². The Bertz CT molecular complexity index is 227. The van der Waals surface area contributed by atoms with E-state index in [4.69, 9.17) is 0 Å². The highest BCUT2D eigenvalue weighted by Gasteiger charge is 2.25. The summed E-state index contributed by atoms with van der Waals surface area (Å²) < 4.78 is 0. The monoisotopic (exact) mass is 216 g/mol. The SMILES string of the molecule is CC(=O)NC(CS)C(=O)N1CCCC1. The maximum atomic E-state index is 11.8. The molecule has 1 atom stereocenters. The number of hydrogen-bond acceptors (Lipinski definition) is 3. The lowest BCUT2D eigenvalue weighted by Crippen LogP contribution is -2.48. The molecule has 0 aromatic carbocycles. The molecule has 1 aliphatic heterocycles. The third-order valence-corrected chi connectivity index (χ3v) is 2.64. The van der Waals surface area contributed by atoms with E-state index in [1.54, 1.807) is 4.90 Å². The van der Waals surface area contributed by atoms with Crippen molar-refractivity contribution in [1.29, 1.82) is 0 Å². The number of thiol groups is 1. The molecule has 1 heterocycles. The van der Waals surface area contributed by atoms with E-state index in [0.717, 1.165) is 25.9 Å². The molecule has 1 rings (SSSR count). The van der Waals surface area contributed by atoms with Crippen LogP contribution in [0.5, 0.6) is 0 Å². The normalized spacial score (nSPS) is 18.0. The second-order valence-corrected chi connectivity index (χ2v) is 3.83. The van der Waals surface area contributed by atoms with E-state index in [-0.39, 0.29) is 11.8 Å². The first kappa shape index (κ1) is 11.4. The highest BCUT2D eigenvalue weighted by molar-refractivity contribution is 7.80. The Hall–Kier alpha value is -0.710. The van der Waals surface area contributed by atoms with Crippen molar-refractivity contribution < 1.29 is 9.59 Å². The van der Waals surface area contributed by atoms with Gasteiger partial charge in [-0.15, -0.1) is 0 Å². The van der Waals surface area contributed by atoms with Crippen molar-refractivity contribution in [3.05, 3.63) is 0 Å². The summed E-state index contributed by atoms with van der Waals surface area (Å²) in [6.07, 6.45) is 2.12. The molecule has 1 unspecified atom stereocenters. The van der Waals surface area contributed by atoms with Crippen LogP contribution in [0, 0.1) is 0 Å². The van der Waals surface area contributed by atoms with Gasteiger partial charge in [0.2, 0.25) is 11.8 Å². The van der Waals surface area contributed by atoms with Crippen molar-refractivity contribution in [3.8, 4) is 0 Å². The molecule has 2 amide bonds. The minimum atomic E-state index is -0.464. The van der Waals surface area contributed by atoms with E-state index in [1.807, 2.05) is 0 Å². The van der Waals surface area contributed by atoms with Gasteiger partial charge in [-0.05, 0) is 12.8 Å². The lowest BCUT2D eigenvalue weighted by molar-refractivity contribution is -0.134. The molecule has 1 fully saturated rings. The van der Waals surface area contributed by atoms with Gasteiger partial charge in [-0.1, -0.05) is 0 Å². The Balaban J connectivity index is 2.50. The predicted octanol–water partition coefficient (Wildman–Crippen LogP) is 0.0433. The van der Waals surface area contributed by atoms with Crippen molar-refractivity contribution in [3.63, 3.8) is 0 Å². The maximum Gasteiger partial charge on any atom is 0.245 e. The van der Waals surface area contributed by atoms with Gasteiger partial charge in [0, 0.05) is 25.8 Å². The number of hydrogen-bond donors (Lipinski definition) is 2. The number of nitrogens with zero attached hydrogens (tertiary/aromatic N) is 1. The molecule has 0 radical (unpaired) electrons. The zero-order chi connectivity index (χ0) is 10.6. The lowest BCUT2D eigenvalue weighted by atomic mass is 10.3. The number of carbonyl (C=O) groups is 2. The smallest absolute Gasteiger partial charge is 0.245 e. The van der Waals surface area contributed by atoms with Gasteiger partial charge in [0.1, 0.15) is 6.04 Å². The summed E-state index contributed by atoms with van der Waals surface area (Å²) in [6, 6.07) is -0.464. The molecule has 4 nitrogen and oxygen atoms in total. The molecule has 0 aromatic heterocycles. The summed E-state index contributed by atoms with van der Waals surface area (Å²) in [4.78, 5) is 24.4. The first-order valence-electron chi connectivity index (χ1n) is 4.82. The van der Waals surface area contributed by atoms with Crippen LogP contribution in [0.1, 0.15) is 19.8 Å². The Kier molecular flexibility index (Phi) is 4.25. The topological polar surface area (TPSA) is 49.4 Å². The average molecular weight is 216 g/mol. The lowest BCUT2D eigenvalue weighted by Gasteiger charge is -2.22. The van der Waals surface area contributed by atoms with Crippen LogP contribution in [-0.2, 0) is 9.59 Å². The molecule has 0 aliphatic carbocycles. The summed E-state index contributed by atoms with van der Waals surface area (Å²) >= 11 is 4.06. The summed E-state index contributed by atoms with van der Waals surface area (Å²) in [5.74, 6) is 0.166. The highest BCUT2D eigenvalue weighted by atomic mass is 32.1. The molecule has 0 saturated carbocycles. The van der Waals surface area contributed by atoms with Crippen LogP contribution in [-0.4, -0.2) is 41.6 Å². The van der Waals surface area contributed by atoms with Gasteiger partial charge in [-0.25, -0.2) is 0 Å². The molecule has 0 aromatic rings. The first-order valence-corrected chi connectivity index (χ1v) is 5.45. The van der Waals surface area contributed by atoms with E-state index < -0.39 is 6.04 Å². The Labute approximate surface area is 89.4 Å². The van der Waals surface area contributed by atoms with Crippen LogP contribution in [0.15, 0.2) is 0 Å². The van der Waals surface area contributed by atoms with Gasteiger partial charge < -0.3 is 10.2 Å². The molecule has 0 spiro atoms. The Morgan fingerprint density at radius 1 is 1.43 bits per heavy atom. The van der Waals surface area contributed by atoms with Crippen molar-refractivity contribution in [1.82, 2.24) is 10.2 Å². The van der Waals surface area contributed by atoms with Crippen LogP contribution >= 0.6 is 12.6 Å². The summed E-state index contributed by atoms with van der Waals surface area (Å²) in [7, 11) is 0. The van der Waals surface area contributed by atoms with Gasteiger partial charge in [-0.2, -0.15) is 12.6 Å². The van der Waals surface area contributed by atoms with Crippen molar-refractivity contribution in [2.75, 3.05) is 18.8 Å². The number of amides is 2. The third-order valence-electron chi connectivity index (χ3n) is 2.28. The maximum absolute atomic E-state index is 11.8. The van der Waals surface area contributed by atoms with Crippen molar-refractivity contribution >= 4 is 24.4 Å². The summed E-state index contributed by atoms with van der Waals surface area (Å²) in [5.41, 5.74) is 0. The van der Waals surface area contributed by atoms with E-state index in [0.29, 0.717) is 5.75 Å². The Morgan fingerprint density at radius 3 is 2.43 bits per heavy atom. The van der Waals surface area contributed by atoms with Gasteiger partial charge in [0.15, 0.2) is 0 Å². The van der Waals surface area contributed by atoms with Crippen LogP contribution in [0.4, 0.5) is 0 Å². The number of nitrogens with one attached hydrogen (secondary N) is 1. The molecule has 1 aliphatic rings. The second-order valence-electron chi connectivity index (χ2n) is 3.47. The van der Waals surface area contributed by atoms with Gasteiger partial charge >= 0.3 is 0 Å². The minimum Gasteiger partial charge on any atom is -0.344 e. The first-order chi connectivity index (χ1) is 6.65. The molecular weight excluding hydrogens is 200 g/mol. The van der Waals surface area contributed by atoms with Gasteiger partial charge in [0.25, 0.3) is 0 Å². The predicted molar refractivity (Wildman–Crippen MR) is 57.3 cm³/mol. The molecule has 1 saturated heterocycles.